The highest BCUT2D eigenvalue weighted by Gasteiger charge is 2.26. The van der Waals surface area contributed by atoms with Crippen LogP contribution in [-0.4, -0.2) is 34.6 Å². The summed E-state index contributed by atoms with van der Waals surface area (Å²) >= 11 is 1.35. The number of carbonyl (C=O) groups excluding carboxylic acids is 2. The van der Waals surface area contributed by atoms with E-state index in [1.54, 1.807) is 30.0 Å². The monoisotopic (exact) mass is 416 g/mol. The molecule has 0 bridgehead atoms. The van der Waals surface area contributed by atoms with Crippen LogP contribution in [0.3, 0.4) is 0 Å². The molecule has 2 amide bonds. The van der Waals surface area contributed by atoms with Gasteiger partial charge >= 0.3 is 0 Å². The smallest absolute Gasteiger partial charge is 0.242 e. The number of rotatable bonds is 10. The third-order valence-corrected chi connectivity index (χ3v) is 5.77. The topological polar surface area (TPSA) is 49.4 Å². The van der Waals surface area contributed by atoms with E-state index in [2.05, 4.69) is 5.32 Å². The predicted octanol–water partition coefficient (Wildman–Crippen LogP) is 4.39. The van der Waals surface area contributed by atoms with Crippen molar-refractivity contribution in [3.63, 3.8) is 0 Å². The Kier molecular flexibility index (Phi) is 9.19. The molecule has 0 aromatic heterocycles. The van der Waals surface area contributed by atoms with Crippen molar-refractivity contribution < 1.29 is 14.0 Å². The van der Waals surface area contributed by atoms with E-state index in [4.69, 9.17) is 0 Å². The second-order valence-electron chi connectivity index (χ2n) is 7.09. The molecule has 2 aromatic carbocycles. The summed E-state index contributed by atoms with van der Waals surface area (Å²) in [5.74, 6) is 0.0206. The summed E-state index contributed by atoms with van der Waals surface area (Å²) in [7, 11) is 0. The van der Waals surface area contributed by atoms with Gasteiger partial charge in [-0.25, -0.2) is 4.39 Å². The van der Waals surface area contributed by atoms with Crippen LogP contribution in [0.1, 0.15) is 38.3 Å². The first-order valence-corrected chi connectivity index (χ1v) is 11.0. The minimum atomic E-state index is -0.592. The van der Waals surface area contributed by atoms with Gasteiger partial charge in [-0.15, -0.1) is 11.8 Å². The quantitative estimate of drug-likeness (QED) is 0.625. The molecule has 1 N–H and O–H groups in total. The number of carbonyl (C=O) groups is 2. The van der Waals surface area contributed by atoms with E-state index in [1.807, 2.05) is 44.2 Å². The molecule has 2 rings (SSSR count). The predicted molar refractivity (Wildman–Crippen MR) is 117 cm³/mol. The summed E-state index contributed by atoms with van der Waals surface area (Å²) in [5, 5.41) is 2.95. The molecule has 0 unspecified atom stereocenters. The molecule has 0 aliphatic carbocycles. The molecule has 0 saturated carbocycles. The number of hydrogen-bond acceptors (Lipinski definition) is 3. The summed E-state index contributed by atoms with van der Waals surface area (Å²) in [4.78, 5) is 27.2. The molecule has 0 spiro atoms. The van der Waals surface area contributed by atoms with Crippen molar-refractivity contribution in [3.8, 4) is 0 Å². The van der Waals surface area contributed by atoms with Crippen LogP contribution >= 0.6 is 11.8 Å². The molecule has 4 nitrogen and oxygen atoms in total. The van der Waals surface area contributed by atoms with Gasteiger partial charge in [0.15, 0.2) is 0 Å². The van der Waals surface area contributed by atoms with E-state index < -0.39 is 6.04 Å². The highest BCUT2D eigenvalue weighted by molar-refractivity contribution is 7.99. The van der Waals surface area contributed by atoms with Crippen molar-refractivity contribution in [2.45, 2.75) is 51.6 Å². The van der Waals surface area contributed by atoms with Crippen LogP contribution < -0.4 is 5.32 Å². The lowest BCUT2D eigenvalue weighted by molar-refractivity contribution is -0.138. The minimum absolute atomic E-state index is 0.0501. The average molecular weight is 417 g/mol. The summed E-state index contributed by atoms with van der Waals surface area (Å²) in [5.41, 5.74) is 1.53. The minimum Gasteiger partial charge on any atom is -0.352 e. The van der Waals surface area contributed by atoms with Gasteiger partial charge in [0.2, 0.25) is 11.8 Å². The van der Waals surface area contributed by atoms with E-state index in [9.17, 15) is 14.0 Å². The van der Waals surface area contributed by atoms with Crippen molar-refractivity contribution in [2.75, 3.05) is 5.75 Å². The van der Waals surface area contributed by atoms with Gasteiger partial charge in [0.25, 0.3) is 0 Å². The second kappa shape index (κ2) is 11.6. The fourth-order valence-corrected chi connectivity index (χ4v) is 3.67. The van der Waals surface area contributed by atoms with Gasteiger partial charge in [-0.2, -0.15) is 0 Å². The highest BCUT2D eigenvalue weighted by Crippen LogP contribution is 2.18. The fraction of sp³-hybridized carbons (Fsp3) is 0.391. The van der Waals surface area contributed by atoms with Gasteiger partial charge in [-0.1, -0.05) is 55.5 Å². The molecule has 2 aromatic rings. The van der Waals surface area contributed by atoms with E-state index >= 15 is 0 Å². The van der Waals surface area contributed by atoms with Gasteiger partial charge in [-0.3, -0.25) is 9.59 Å². The molecule has 0 fully saturated rings. The zero-order valence-corrected chi connectivity index (χ0v) is 18.0. The molecule has 6 heteroatoms. The van der Waals surface area contributed by atoms with Crippen molar-refractivity contribution in [1.29, 1.82) is 0 Å². The Bertz CT molecular complexity index is 800. The lowest BCUT2D eigenvalue weighted by Gasteiger charge is -2.29. The van der Waals surface area contributed by atoms with Crippen LogP contribution in [0.15, 0.2) is 54.6 Å². The number of nitrogens with one attached hydrogen (secondary N) is 1. The van der Waals surface area contributed by atoms with E-state index in [0.29, 0.717) is 17.9 Å². The Hall–Kier alpha value is -2.34. The van der Waals surface area contributed by atoms with Gasteiger partial charge in [0.05, 0.1) is 5.75 Å². The third-order valence-electron chi connectivity index (χ3n) is 4.81. The fourth-order valence-electron chi connectivity index (χ4n) is 2.77. The standard InChI is InChI=1S/C23H29FN2O2S/c1-4-17(2)25-23(28)18(3)26(14-19-10-6-5-7-11-19)22(27)16-29-15-20-12-8-9-13-21(20)24/h5-13,17-18H,4,14-16H2,1-3H3,(H,25,28)/t17-,18+/m0/s1. The highest BCUT2D eigenvalue weighted by atomic mass is 32.2. The average Bonchev–Trinajstić information content (AvgIpc) is 2.73. The van der Waals surface area contributed by atoms with Gasteiger partial charge in [-0.05, 0) is 37.5 Å². The van der Waals surface area contributed by atoms with Crippen molar-refractivity contribution in [1.82, 2.24) is 10.2 Å². The summed E-state index contributed by atoms with van der Waals surface area (Å²) < 4.78 is 13.8. The maximum absolute atomic E-state index is 13.8. The van der Waals surface area contributed by atoms with Crippen LogP contribution in [0, 0.1) is 5.82 Å². The van der Waals surface area contributed by atoms with Gasteiger partial charge in [0, 0.05) is 18.3 Å². The molecule has 2 atom stereocenters. The maximum Gasteiger partial charge on any atom is 0.242 e. The van der Waals surface area contributed by atoms with Crippen molar-refractivity contribution in [3.05, 3.63) is 71.5 Å². The Labute approximate surface area is 176 Å². The van der Waals surface area contributed by atoms with Crippen LogP contribution in [-0.2, 0) is 21.9 Å². The number of thioether (sulfide) groups is 1. The molecular weight excluding hydrogens is 387 g/mol. The van der Waals surface area contributed by atoms with E-state index in [1.165, 1.54) is 17.8 Å². The third kappa shape index (κ3) is 7.20. The number of nitrogens with zero attached hydrogens (tertiary/aromatic N) is 1. The Morgan fingerprint density at radius 3 is 2.38 bits per heavy atom. The van der Waals surface area contributed by atoms with Crippen molar-refractivity contribution >= 4 is 23.6 Å². The van der Waals surface area contributed by atoms with Crippen molar-refractivity contribution in [2.24, 2.45) is 0 Å². The van der Waals surface area contributed by atoms with E-state index in [-0.39, 0.29) is 29.4 Å². The number of benzene rings is 2. The summed E-state index contributed by atoms with van der Waals surface area (Å²) in [6.45, 7) is 6.05. The Balaban J connectivity index is 2.05. The molecule has 0 aliphatic rings. The molecule has 29 heavy (non-hydrogen) atoms. The van der Waals surface area contributed by atoms with E-state index in [0.717, 1.165) is 12.0 Å². The Morgan fingerprint density at radius 1 is 1.07 bits per heavy atom. The first-order valence-electron chi connectivity index (χ1n) is 9.87. The van der Waals surface area contributed by atoms with Crippen LogP contribution in [0.5, 0.6) is 0 Å². The zero-order valence-electron chi connectivity index (χ0n) is 17.2. The Morgan fingerprint density at radius 2 is 1.72 bits per heavy atom. The van der Waals surface area contributed by atoms with Crippen LogP contribution in [0.2, 0.25) is 0 Å². The normalized spacial score (nSPS) is 12.8. The van der Waals surface area contributed by atoms with Gasteiger partial charge in [0.1, 0.15) is 11.9 Å². The SMILES string of the molecule is CC[C@H](C)NC(=O)[C@@H](C)N(Cc1ccccc1)C(=O)CSCc1ccccc1F. The van der Waals surface area contributed by atoms with Gasteiger partial charge < -0.3 is 10.2 Å². The molecule has 0 radical (unpaired) electrons. The summed E-state index contributed by atoms with van der Waals surface area (Å²) in [6, 6.07) is 15.6. The van der Waals surface area contributed by atoms with Crippen LogP contribution in [0.4, 0.5) is 4.39 Å². The summed E-state index contributed by atoms with van der Waals surface area (Å²) in [6.07, 6.45) is 0.823. The zero-order chi connectivity index (χ0) is 21.2. The molecule has 0 saturated heterocycles. The lowest BCUT2D eigenvalue weighted by Crippen LogP contribution is -2.50. The molecular formula is C23H29FN2O2S. The number of halogens is 1. The maximum atomic E-state index is 13.8. The molecule has 0 aliphatic heterocycles. The van der Waals surface area contributed by atoms with Crippen LogP contribution in [0.25, 0.3) is 0 Å². The first-order chi connectivity index (χ1) is 13.9. The largest absolute Gasteiger partial charge is 0.352 e. The molecule has 0 heterocycles. The molecule has 156 valence electrons. The second-order valence-corrected chi connectivity index (χ2v) is 8.07. The first kappa shape index (κ1) is 22.9. The lowest BCUT2D eigenvalue weighted by atomic mass is 10.1. The number of hydrogen-bond donors (Lipinski definition) is 1. The number of amides is 2.